The summed E-state index contributed by atoms with van der Waals surface area (Å²) >= 11 is 0. The van der Waals surface area contributed by atoms with Crippen LogP contribution in [0.2, 0.25) is 0 Å². The van der Waals surface area contributed by atoms with Crippen LogP contribution in [0.1, 0.15) is 0 Å². The van der Waals surface area contributed by atoms with Crippen molar-refractivity contribution in [3.05, 3.63) is 212 Å². The molecule has 0 aliphatic carbocycles. The second-order valence-corrected chi connectivity index (χ2v) is 15.3. The van der Waals surface area contributed by atoms with Crippen molar-refractivity contribution in [2.45, 2.75) is 0 Å². The van der Waals surface area contributed by atoms with Crippen LogP contribution in [0.3, 0.4) is 0 Å². The molecule has 8 aromatic carbocycles. The second kappa shape index (κ2) is 14.6. The lowest BCUT2D eigenvalue weighted by atomic mass is 10.1. The molecule has 0 fully saturated rings. The van der Waals surface area contributed by atoms with Crippen LogP contribution in [-0.4, -0.2) is 34.1 Å². The van der Waals surface area contributed by atoms with Gasteiger partial charge in [-0.15, -0.1) is 0 Å². The maximum Gasteiger partial charge on any atom is 0.238 e. The van der Waals surface area contributed by atoms with Gasteiger partial charge < -0.3 is 4.57 Å². The first kappa shape index (κ1) is 35.4. The fourth-order valence-electron chi connectivity index (χ4n) is 8.76. The van der Waals surface area contributed by atoms with Crippen molar-refractivity contribution in [2.75, 3.05) is 0 Å². The number of hydrogen-bond acceptors (Lipinski definition) is 5. The Morgan fingerprint density at radius 2 is 0.661 bits per heavy atom. The van der Waals surface area contributed by atoms with Crippen molar-refractivity contribution < 1.29 is 0 Å². The molecule has 0 radical (unpaired) electrons. The molecule has 0 saturated carbocycles. The Bertz CT molecular complexity index is 3480. The van der Waals surface area contributed by atoms with Crippen molar-refractivity contribution in [3.63, 3.8) is 0 Å². The van der Waals surface area contributed by atoms with Gasteiger partial charge in [0, 0.05) is 55.0 Å². The van der Waals surface area contributed by atoms with E-state index >= 15 is 0 Å². The highest BCUT2D eigenvalue weighted by Gasteiger charge is 2.23. The highest BCUT2D eigenvalue weighted by atomic mass is 15.2. The molecule has 0 aliphatic rings. The topological polar surface area (TPSA) is 74.3 Å². The van der Waals surface area contributed by atoms with Crippen molar-refractivity contribution in [1.29, 1.82) is 0 Å². The van der Waals surface area contributed by atoms with Gasteiger partial charge in [-0.3, -0.25) is 4.57 Å². The van der Waals surface area contributed by atoms with Crippen molar-refractivity contribution >= 4 is 43.6 Å². The zero-order valence-electron chi connectivity index (χ0n) is 33.3. The molecule has 4 aromatic heterocycles. The molecule has 0 unspecified atom stereocenters. The van der Waals surface area contributed by atoms with Crippen LogP contribution >= 0.6 is 0 Å². The van der Waals surface area contributed by atoms with Gasteiger partial charge in [-0.2, -0.15) is 9.97 Å². The van der Waals surface area contributed by atoms with Gasteiger partial charge in [-0.05, 0) is 54.6 Å². The maximum absolute atomic E-state index is 5.17. The fraction of sp³-hybridized carbons (Fsp3) is 0. The van der Waals surface area contributed by atoms with E-state index in [1.807, 2.05) is 97.1 Å². The third-order valence-corrected chi connectivity index (χ3v) is 11.6. The molecule has 0 saturated heterocycles. The van der Waals surface area contributed by atoms with Crippen LogP contribution in [0, 0.1) is 0 Å². The molecule has 0 N–H and O–H groups in total. The fourth-order valence-corrected chi connectivity index (χ4v) is 8.76. The third kappa shape index (κ3) is 5.94. The van der Waals surface area contributed by atoms with Crippen molar-refractivity contribution in [2.24, 2.45) is 0 Å². The average Bonchev–Trinajstić information content (AvgIpc) is 3.88. The van der Waals surface area contributed by atoms with Crippen LogP contribution in [0.4, 0.5) is 0 Å². The summed E-state index contributed by atoms with van der Waals surface area (Å²) in [7, 11) is 0. The summed E-state index contributed by atoms with van der Waals surface area (Å²) in [5.41, 5.74) is 12.0. The van der Waals surface area contributed by atoms with Gasteiger partial charge in [-0.1, -0.05) is 158 Å². The van der Waals surface area contributed by atoms with Gasteiger partial charge in [0.1, 0.15) is 0 Å². The minimum absolute atomic E-state index is 0.566. The number of nitrogens with zero attached hydrogens (tertiary/aromatic N) is 7. The Morgan fingerprint density at radius 1 is 0.274 bits per heavy atom. The molecule has 0 amide bonds. The normalized spacial score (nSPS) is 11.5. The summed E-state index contributed by atoms with van der Waals surface area (Å²) in [5.74, 6) is 2.49. The maximum atomic E-state index is 5.17. The summed E-state index contributed by atoms with van der Waals surface area (Å²) in [4.78, 5) is 25.5. The smallest absolute Gasteiger partial charge is 0.238 e. The molecular formula is C55H35N7. The van der Waals surface area contributed by atoms with Crippen LogP contribution in [0.25, 0.3) is 112 Å². The lowest BCUT2D eigenvalue weighted by molar-refractivity contribution is 0.953. The molecule has 0 spiro atoms. The zero-order valence-corrected chi connectivity index (χ0v) is 33.3. The Labute approximate surface area is 356 Å². The van der Waals surface area contributed by atoms with E-state index in [2.05, 4.69) is 124 Å². The summed E-state index contributed by atoms with van der Waals surface area (Å²) in [6, 6.07) is 73.2. The van der Waals surface area contributed by atoms with E-state index in [0.717, 1.165) is 83.1 Å². The van der Waals surface area contributed by atoms with Gasteiger partial charge >= 0.3 is 0 Å². The monoisotopic (exact) mass is 793 g/mol. The quantitative estimate of drug-likeness (QED) is 0.161. The Kier molecular flexibility index (Phi) is 8.35. The molecule has 7 nitrogen and oxygen atoms in total. The number of rotatable bonds is 7. The van der Waals surface area contributed by atoms with Crippen LogP contribution in [0.5, 0.6) is 0 Å². The molecule has 4 heterocycles. The minimum atomic E-state index is 0.566. The Hall–Kier alpha value is -8.55. The SMILES string of the molecule is c1ccc(-c2cc(-c3ccccc3)nc(-c3ccc(-n4c5ccccc5c5c6c7ccccc7n(-c7nc(-c8ccccc8)nc(-c8ccccc8)n7)c6ccc54)cc3)n2)cc1. The molecule has 0 aliphatic heterocycles. The van der Waals surface area contributed by atoms with Crippen molar-refractivity contribution in [3.8, 4) is 68.3 Å². The number of hydrogen-bond donors (Lipinski definition) is 0. The highest BCUT2D eigenvalue weighted by molar-refractivity contribution is 6.28. The average molecular weight is 794 g/mol. The van der Waals surface area contributed by atoms with E-state index in [0.29, 0.717) is 23.4 Å². The van der Waals surface area contributed by atoms with E-state index in [9.17, 15) is 0 Å². The minimum Gasteiger partial charge on any atom is -0.309 e. The summed E-state index contributed by atoms with van der Waals surface area (Å²) in [5, 5.41) is 4.60. The molecule has 12 rings (SSSR count). The predicted octanol–water partition coefficient (Wildman–Crippen LogP) is 13.2. The predicted molar refractivity (Wildman–Crippen MR) is 251 cm³/mol. The van der Waals surface area contributed by atoms with Gasteiger partial charge in [0.25, 0.3) is 0 Å². The Balaban J connectivity index is 1.04. The van der Waals surface area contributed by atoms with E-state index < -0.39 is 0 Å². The highest BCUT2D eigenvalue weighted by Crippen LogP contribution is 2.42. The Morgan fingerprint density at radius 3 is 1.16 bits per heavy atom. The molecule has 0 atom stereocenters. The van der Waals surface area contributed by atoms with Crippen molar-refractivity contribution in [1.82, 2.24) is 34.1 Å². The van der Waals surface area contributed by atoms with Gasteiger partial charge in [0.05, 0.1) is 33.5 Å². The van der Waals surface area contributed by atoms with E-state index in [1.165, 1.54) is 5.39 Å². The first-order chi connectivity index (χ1) is 30.7. The molecule has 0 bridgehead atoms. The number of para-hydroxylation sites is 2. The lowest BCUT2D eigenvalue weighted by Crippen LogP contribution is -2.06. The standard InChI is InChI=1S/C55H35N7/c1-5-17-36(18-6-1)44-35-45(37-19-7-2-8-20-37)57-52(56-44)40-29-31-41(32-30-40)61-46-27-15-13-25-42(46)50-48(61)33-34-49-51(50)43-26-14-16-28-47(43)62(49)55-59-53(38-21-9-3-10-22-38)58-54(60-55)39-23-11-4-12-24-39/h1-35H. The van der Waals surface area contributed by atoms with E-state index in [-0.39, 0.29) is 0 Å². The summed E-state index contributed by atoms with van der Waals surface area (Å²) in [6.45, 7) is 0. The zero-order chi connectivity index (χ0) is 41.0. The van der Waals surface area contributed by atoms with Crippen LogP contribution in [-0.2, 0) is 0 Å². The first-order valence-corrected chi connectivity index (χ1v) is 20.7. The molecular weight excluding hydrogens is 759 g/mol. The molecule has 290 valence electrons. The molecule has 7 heteroatoms. The van der Waals surface area contributed by atoms with E-state index in [1.54, 1.807) is 0 Å². The number of benzene rings is 8. The molecule has 62 heavy (non-hydrogen) atoms. The van der Waals surface area contributed by atoms with Gasteiger partial charge in [0.2, 0.25) is 5.95 Å². The van der Waals surface area contributed by atoms with Crippen LogP contribution in [0.15, 0.2) is 212 Å². The summed E-state index contributed by atoms with van der Waals surface area (Å²) in [6.07, 6.45) is 0. The summed E-state index contributed by atoms with van der Waals surface area (Å²) < 4.78 is 4.55. The third-order valence-electron chi connectivity index (χ3n) is 11.6. The van der Waals surface area contributed by atoms with Gasteiger partial charge in [-0.25, -0.2) is 15.0 Å². The van der Waals surface area contributed by atoms with Gasteiger partial charge in [0.15, 0.2) is 17.5 Å². The number of fused-ring (bicyclic) bond motifs is 7. The molecule has 12 aromatic rings. The van der Waals surface area contributed by atoms with Crippen LogP contribution < -0.4 is 0 Å². The first-order valence-electron chi connectivity index (χ1n) is 20.7. The lowest BCUT2D eigenvalue weighted by Gasteiger charge is -2.12. The van der Waals surface area contributed by atoms with E-state index in [4.69, 9.17) is 24.9 Å². The largest absolute Gasteiger partial charge is 0.309 e. The number of aromatic nitrogens is 7. The second-order valence-electron chi connectivity index (χ2n) is 15.3.